The molecule has 0 saturated heterocycles. The molecule has 1 atom stereocenters. The van der Waals surface area contributed by atoms with Crippen molar-refractivity contribution in [2.24, 2.45) is 4.99 Å². The Kier molecular flexibility index (Phi) is 12.2. The van der Waals surface area contributed by atoms with Crippen LogP contribution in [0.4, 0.5) is 13.2 Å². The fourth-order valence-electron chi connectivity index (χ4n) is 2.66. The number of hydrogen-bond acceptors (Lipinski definition) is 4. The van der Waals surface area contributed by atoms with Gasteiger partial charge in [0.15, 0.2) is 17.5 Å². The lowest BCUT2D eigenvalue weighted by Gasteiger charge is -2.19. The third kappa shape index (κ3) is 10.4. The monoisotopic (exact) mass is 567 g/mol. The van der Waals surface area contributed by atoms with Crippen LogP contribution in [0.2, 0.25) is 0 Å². The van der Waals surface area contributed by atoms with Crippen molar-refractivity contribution in [2.75, 3.05) is 27.3 Å². The summed E-state index contributed by atoms with van der Waals surface area (Å²) in [6, 6.07) is 14.6. The number of hydrogen-bond donors (Lipinski definition) is 2. The molecule has 0 saturated carbocycles. The average Bonchev–Trinajstić information content (AvgIpc) is 2.74. The van der Waals surface area contributed by atoms with E-state index in [1.165, 1.54) is 0 Å². The van der Waals surface area contributed by atoms with Crippen LogP contribution >= 0.6 is 24.0 Å². The summed E-state index contributed by atoms with van der Waals surface area (Å²) in [5, 5.41) is 6.39. The molecule has 0 bridgehead atoms. The maximum Gasteiger partial charge on any atom is 0.411 e. The minimum Gasteiger partial charge on any atom is -0.493 e. The van der Waals surface area contributed by atoms with Crippen molar-refractivity contribution in [1.29, 1.82) is 0 Å². The number of nitrogens with one attached hydrogen (secondary N) is 2. The number of rotatable bonds is 10. The van der Waals surface area contributed by atoms with E-state index >= 15 is 0 Å². The molecule has 0 aromatic heterocycles. The molecule has 0 radical (unpaired) electrons. The number of guanidine groups is 1. The molecule has 1 unspecified atom stereocenters. The zero-order chi connectivity index (χ0) is 22.7. The number of halogens is 4. The van der Waals surface area contributed by atoms with Gasteiger partial charge in [-0.15, -0.1) is 24.0 Å². The molecule has 0 heterocycles. The third-order valence-electron chi connectivity index (χ3n) is 4.20. The lowest BCUT2D eigenvalue weighted by atomic mass is 10.1. The van der Waals surface area contributed by atoms with Crippen LogP contribution in [0.15, 0.2) is 53.5 Å². The van der Waals surface area contributed by atoms with E-state index in [2.05, 4.69) is 20.4 Å². The Bertz CT molecular complexity index is 833. The van der Waals surface area contributed by atoms with Crippen LogP contribution < -0.4 is 20.1 Å². The maximum atomic E-state index is 12.1. The SMILES string of the molecule is CN=C(NCc1ccc(COCC(F)(F)F)cc1)NCC(C)Oc1ccccc1OC.I. The number of alkyl halides is 3. The molecular formula is C22H29F3IN3O3. The second-order valence-electron chi connectivity index (χ2n) is 6.81. The fraction of sp³-hybridized carbons (Fsp3) is 0.409. The first-order valence-electron chi connectivity index (χ1n) is 9.77. The van der Waals surface area contributed by atoms with Crippen molar-refractivity contribution in [1.82, 2.24) is 10.6 Å². The Labute approximate surface area is 203 Å². The highest BCUT2D eigenvalue weighted by atomic mass is 127. The minimum atomic E-state index is -4.32. The van der Waals surface area contributed by atoms with Gasteiger partial charge in [0, 0.05) is 13.6 Å². The van der Waals surface area contributed by atoms with Gasteiger partial charge in [-0.1, -0.05) is 36.4 Å². The van der Waals surface area contributed by atoms with Gasteiger partial charge in [0.25, 0.3) is 0 Å². The Morgan fingerprint density at radius 1 is 1.00 bits per heavy atom. The van der Waals surface area contributed by atoms with E-state index in [1.807, 2.05) is 43.3 Å². The highest BCUT2D eigenvalue weighted by Gasteiger charge is 2.27. The molecule has 0 aliphatic rings. The lowest BCUT2D eigenvalue weighted by Crippen LogP contribution is -2.41. The molecule has 2 rings (SSSR count). The van der Waals surface area contributed by atoms with Crippen molar-refractivity contribution in [3.05, 3.63) is 59.7 Å². The highest BCUT2D eigenvalue weighted by Crippen LogP contribution is 2.26. The quantitative estimate of drug-likeness (QED) is 0.251. The number of benzene rings is 2. The molecule has 0 aliphatic carbocycles. The first-order valence-corrected chi connectivity index (χ1v) is 9.77. The summed E-state index contributed by atoms with van der Waals surface area (Å²) in [6.07, 6.45) is -4.45. The van der Waals surface area contributed by atoms with Crippen LogP contribution in [-0.2, 0) is 17.9 Å². The van der Waals surface area contributed by atoms with E-state index in [4.69, 9.17) is 9.47 Å². The van der Waals surface area contributed by atoms with Crippen molar-refractivity contribution in [3.63, 3.8) is 0 Å². The minimum absolute atomic E-state index is 0. The van der Waals surface area contributed by atoms with E-state index in [-0.39, 0.29) is 36.7 Å². The van der Waals surface area contributed by atoms with E-state index < -0.39 is 12.8 Å². The van der Waals surface area contributed by atoms with Gasteiger partial charge >= 0.3 is 6.18 Å². The Morgan fingerprint density at radius 3 is 2.22 bits per heavy atom. The summed E-state index contributed by atoms with van der Waals surface area (Å²) < 4.78 is 52.2. The van der Waals surface area contributed by atoms with Gasteiger partial charge < -0.3 is 24.8 Å². The molecule has 2 aromatic rings. The molecule has 0 fully saturated rings. The van der Waals surface area contributed by atoms with Gasteiger partial charge in [0.05, 0.1) is 20.3 Å². The number of para-hydroxylation sites is 2. The first kappa shape index (κ1) is 27.8. The lowest BCUT2D eigenvalue weighted by molar-refractivity contribution is -0.176. The summed E-state index contributed by atoms with van der Waals surface area (Å²) in [6.45, 7) is 1.63. The third-order valence-corrected chi connectivity index (χ3v) is 4.20. The predicted octanol–water partition coefficient (Wildman–Crippen LogP) is 4.52. The average molecular weight is 567 g/mol. The van der Waals surface area contributed by atoms with Crippen LogP contribution in [0.1, 0.15) is 18.1 Å². The smallest absolute Gasteiger partial charge is 0.411 e. The van der Waals surface area contributed by atoms with E-state index in [0.29, 0.717) is 36.1 Å². The highest BCUT2D eigenvalue weighted by molar-refractivity contribution is 14.0. The summed E-state index contributed by atoms with van der Waals surface area (Å²) in [5.74, 6) is 1.94. The summed E-state index contributed by atoms with van der Waals surface area (Å²) in [7, 11) is 3.27. The van der Waals surface area contributed by atoms with Crippen molar-refractivity contribution in [2.45, 2.75) is 32.4 Å². The van der Waals surface area contributed by atoms with Crippen LogP contribution in [0.5, 0.6) is 11.5 Å². The Morgan fingerprint density at radius 2 is 1.62 bits per heavy atom. The Balaban J connectivity index is 0.00000512. The molecule has 0 spiro atoms. The van der Waals surface area contributed by atoms with Gasteiger partial charge in [0.2, 0.25) is 0 Å². The van der Waals surface area contributed by atoms with Crippen LogP contribution in [0.3, 0.4) is 0 Å². The fourth-order valence-corrected chi connectivity index (χ4v) is 2.66. The molecule has 6 nitrogen and oxygen atoms in total. The molecule has 2 aromatic carbocycles. The van der Waals surface area contributed by atoms with E-state index in [9.17, 15) is 13.2 Å². The second kappa shape index (κ2) is 14.0. The molecule has 0 amide bonds. The summed E-state index contributed by atoms with van der Waals surface area (Å²) >= 11 is 0. The molecule has 178 valence electrons. The van der Waals surface area contributed by atoms with Gasteiger partial charge in [-0.3, -0.25) is 4.99 Å². The van der Waals surface area contributed by atoms with Gasteiger partial charge in [-0.05, 0) is 30.2 Å². The summed E-state index contributed by atoms with van der Waals surface area (Å²) in [5.41, 5.74) is 1.64. The molecule has 2 N–H and O–H groups in total. The number of aliphatic imine (C=N–C) groups is 1. The number of ether oxygens (including phenoxy) is 3. The van der Waals surface area contributed by atoms with Gasteiger partial charge in [-0.2, -0.15) is 13.2 Å². The van der Waals surface area contributed by atoms with Crippen LogP contribution in [0, 0.1) is 0 Å². The largest absolute Gasteiger partial charge is 0.493 e. The number of nitrogens with zero attached hydrogens (tertiary/aromatic N) is 1. The Hall–Kier alpha value is -2.21. The normalized spacial score (nSPS) is 12.5. The topological polar surface area (TPSA) is 64.1 Å². The zero-order valence-corrected chi connectivity index (χ0v) is 20.6. The predicted molar refractivity (Wildman–Crippen MR) is 129 cm³/mol. The standard InChI is InChI=1S/C22H28F3N3O3.HI/c1-16(31-20-7-5-4-6-19(20)29-3)12-27-21(26-2)28-13-17-8-10-18(11-9-17)14-30-15-22(23,24)25;/h4-11,16H,12-15H2,1-3H3,(H2,26,27,28);1H. The second-order valence-corrected chi connectivity index (χ2v) is 6.81. The molecule has 32 heavy (non-hydrogen) atoms. The van der Waals surface area contributed by atoms with Crippen molar-refractivity contribution >= 4 is 29.9 Å². The van der Waals surface area contributed by atoms with Crippen molar-refractivity contribution in [3.8, 4) is 11.5 Å². The van der Waals surface area contributed by atoms with Gasteiger partial charge in [-0.25, -0.2) is 0 Å². The molecular weight excluding hydrogens is 538 g/mol. The molecule has 10 heteroatoms. The van der Waals surface area contributed by atoms with E-state index in [1.54, 1.807) is 26.3 Å². The van der Waals surface area contributed by atoms with Crippen molar-refractivity contribution < 1.29 is 27.4 Å². The summed E-state index contributed by atoms with van der Waals surface area (Å²) in [4.78, 5) is 4.18. The number of methoxy groups -OCH3 is 1. The van der Waals surface area contributed by atoms with Crippen LogP contribution in [-0.4, -0.2) is 45.5 Å². The zero-order valence-electron chi connectivity index (χ0n) is 18.2. The van der Waals surface area contributed by atoms with Gasteiger partial charge in [0.1, 0.15) is 12.7 Å². The molecule has 0 aliphatic heterocycles. The van der Waals surface area contributed by atoms with E-state index in [0.717, 1.165) is 5.56 Å². The van der Waals surface area contributed by atoms with Crippen LogP contribution in [0.25, 0.3) is 0 Å². The maximum absolute atomic E-state index is 12.1. The first-order chi connectivity index (χ1) is 14.8.